The minimum absolute atomic E-state index is 0.130. The first-order chi connectivity index (χ1) is 9.72. The third-order valence-corrected chi connectivity index (χ3v) is 4.05. The fraction of sp³-hybridized carbons (Fsp3) is 0.286. The van der Waals surface area contributed by atoms with Gasteiger partial charge < -0.3 is 14.0 Å². The summed E-state index contributed by atoms with van der Waals surface area (Å²) in [5.41, 5.74) is 0.974. The molecule has 0 radical (unpaired) electrons. The topological polar surface area (TPSA) is 52.8 Å². The number of hydrogen-bond donors (Lipinski definition) is 0. The Kier molecular flexibility index (Phi) is 3.31. The lowest BCUT2D eigenvalue weighted by Gasteiger charge is -2.01. The number of allylic oxidation sites excluding steroid dienone is 1. The van der Waals surface area contributed by atoms with Crippen molar-refractivity contribution >= 4 is 27.5 Å². The van der Waals surface area contributed by atoms with Crippen molar-refractivity contribution in [2.75, 3.05) is 6.79 Å². The lowest BCUT2D eigenvalue weighted by Crippen LogP contribution is -2.15. The smallest absolute Gasteiger partial charge is 0.248 e. The van der Waals surface area contributed by atoms with Crippen LogP contribution >= 0.6 is 11.3 Å². The minimum atomic E-state index is -0.130. The second-order valence-electron chi connectivity index (χ2n) is 4.32. The maximum absolute atomic E-state index is 11.6. The van der Waals surface area contributed by atoms with Gasteiger partial charge in [-0.1, -0.05) is 24.3 Å². The second-order valence-corrected chi connectivity index (χ2v) is 5.33. The van der Waals surface area contributed by atoms with Gasteiger partial charge in [0, 0.05) is 25.1 Å². The first-order valence-corrected chi connectivity index (χ1v) is 7.16. The second kappa shape index (κ2) is 5.13. The van der Waals surface area contributed by atoms with Crippen molar-refractivity contribution in [3.63, 3.8) is 0 Å². The first kappa shape index (κ1) is 12.9. The van der Waals surface area contributed by atoms with E-state index in [2.05, 4.69) is 11.6 Å². The fourth-order valence-corrected chi connectivity index (χ4v) is 3.10. The van der Waals surface area contributed by atoms with E-state index in [1.54, 1.807) is 13.0 Å². The standard InChI is InChI=1S/C14H14N2O3S/c1-3-5-16-9-6-10-11(19-8-18-10)7-12(9)20-14(16)15-13(17)4-2/h3,6-7H,1,4-5,8H2,2H3. The van der Waals surface area contributed by atoms with Crippen LogP contribution < -0.4 is 14.3 Å². The van der Waals surface area contributed by atoms with Crippen molar-refractivity contribution in [3.8, 4) is 11.5 Å². The Bertz CT molecular complexity index is 758. The molecule has 0 saturated heterocycles. The molecule has 6 heteroatoms. The molecule has 104 valence electrons. The van der Waals surface area contributed by atoms with Crippen molar-refractivity contribution in [3.05, 3.63) is 29.6 Å². The molecule has 0 aliphatic carbocycles. The van der Waals surface area contributed by atoms with Crippen LogP contribution in [0.25, 0.3) is 10.2 Å². The third-order valence-electron chi connectivity index (χ3n) is 3.01. The number of carbonyl (C=O) groups is 1. The first-order valence-electron chi connectivity index (χ1n) is 6.34. The normalized spacial score (nSPS) is 13.9. The van der Waals surface area contributed by atoms with Gasteiger partial charge in [0.1, 0.15) is 0 Å². The third kappa shape index (κ3) is 2.12. The highest BCUT2D eigenvalue weighted by atomic mass is 32.1. The molecule has 0 fully saturated rings. The molecule has 2 heterocycles. The zero-order chi connectivity index (χ0) is 14.1. The monoisotopic (exact) mass is 290 g/mol. The molecule has 0 saturated carbocycles. The average molecular weight is 290 g/mol. The summed E-state index contributed by atoms with van der Waals surface area (Å²) in [6, 6.07) is 3.85. The summed E-state index contributed by atoms with van der Waals surface area (Å²) < 4.78 is 13.7. The van der Waals surface area contributed by atoms with Crippen molar-refractivity contribution in [2.24, 2.45) is 4.99 Å². The van der Waals surface area contributed by atoms with Gasteiger partial charge in [-0.2, -0.15) is 4.99 Å². The molecule has 1 aliphatic rings. The predicted octanol–water partition coefficient (Wildman–Crippen LogP) is 2.45. The Morgan fingerprint density at radius 3 is 2.95 bits per heavy atom. The Morgan fingerprint density at radius 1 is 1.50 bits per heavy atom. The number of aromatic nitrogens is 1. The Labute approximate surface area is 119 Å². The van der Waals surface area contributed by atoms with E-state index in [4.69, 9.17) is 9.47 Å². The molecule has 0 atom stereocenters. The number of ether oxygens (including phenoxy) is 2. The molecule has 2 aromatic rings. The van der Waals surface area contributed by atoms with Crippen molar-refractivity contribution < 1.29 is 14.3 Å². The quantitative estimate of drug-likeness (QED) is 0.816. The number of hydrogen-bond acceptors (Lipinski definition) is 4. The summed E-state index contributed by atoms with van der Waals surface area (Å²) in [5.74, 6) is 1.33. The number of fused-ring (bicyclic) bond motifs is 2. The summed E-state index contributed by atoms with van der Waals surface area (Å²) in [6.45, 7) is 6.40. The summed E-state index contributed by atoms with van der Waals surface area (Å²) in [5, 5.41) is 0. The Morgan fingerprint density at radius 2 is 2.25 bits per heavy atom. The van der Waals surface area contributed by atoms with Crippen molar-refractivity contribution in [1.29, 1.82) is 0 Å². The molecular weight excluding hydrogens is 276 g/mol. The summed E-state index contributed by atoms with van der Waals surface area (Å²) in [4.78, 5) is 16.4. The van der Waals surface area contributed by atoms with Gasteiger partial charge >= 0.3 is 0 Å². The number of rotatable bonds is 3. The molecule has 1 aromatic carbocycles. The number of benzene rings is 1. The van der Waals surface area contributed by atoms with Crippen LogP contribution in [0.1, 0.15) is 13.3 Å². The zero-order valence-corrected chi connectivity index (χ0v) is 11.9. The molecule has 3 rings (SSSR count). The van der Waals surface area contributed by atoms with E-state index in [0.717, 1.165) is 21.7 Å². The van der Waals surface area contributed by atoms with Gasteiger partial charge in [-0.15, -0.1) is 6.58 Å². The molecule has 1 amide bonds. The maximum atomic E-state index is 11.6. The van der Waals surface area contributed by atoms with Gasteiger partial charge in [0.2, 0.25) is 12.7 Å². The van der Waals surface area contributed by atoms with Crippen molar-refractivity contribution in [1.82, 2.24) is 4.57 Å². The fourth-order valence-electron chi connectivity index (χ4n) is 2.04. The minimum Gasteiger partial charge on any atom is -0.454 e. The molecule has 1 aliphatic heterocycles. The summed E-state index contributed by atoms with van der Waals surface area (Å²) in [6.07, 6.45) is 2.18. The SMILES string of the molecule is C=CCn1c(=NC(=O)CC)sc2cc3c(cc21)OCO3. The van der Waals surface area contributed by atoms with E-state index in [9.17, 15) is 4.79 Å². The highest BCUT2D eigenvalue weighted by Gasteiger charge is 2.17. The van der Waals surface area contributed by atoms with Crippen LogP contribution in [0, 0.1) is 0 Å². The predicted molar refractivity (Wildman–Crippen MR) is 77.0 cm³/mol. The van der Waals surface area contributed by atoms with E-state index in [0.29, 0.717) is 17.8 Å². The lowest BCUT2D eigenvalue weighted by molar-refractivity contribution is -0.117. The number of nitrogens with zero attached hydrogens (tertiary/aromatic N) is 2. The van der Waals surface area contributed by atoms with Crippen LogP contribution in [-0.2, 0) is 11.3 Å². The molecule has 0 unspecified atom stereocenters. The van der Waals surface area contributed by atoms with Crippen LogP contribution in [0.4, 0.5) is 0 Å². The summed E-state index contributed by atoms with van der Waals surface area (Å²) >= 11 is 1.47. The highest BCUT2D eigenvalue weighted by molar-refractivity contribution is 7.16. The van der Waals surface area contributed by atoms with Gasteiger partial charge in [-0.25, -0.2) is 0 Å². The number of thiazole rings is 1. The van der Waals surface area contributed by atoms with E-state index in [-0.39, 0.29) is 12.7 Å². The van der Waals surface area contributed by atoms with Gasteiger partial charge in [0.15, 0.2) is 16.3 Å². The van der Waals surface area contributed by atoms with Crippen LogP contribution in [-0.4, -0.2) is 17.3 Å². The average Bonchev–Trinajstić information content (AvgIpc) is 3.01. The Balaban J connectivity index is 2.25. The van der Waals surface area contributed by atoms with E-state index < -0.39 is 0 Å². The molecule has 1 aromatic heterocycles. The van der Waals surface area contributed by atoms with E-state index in [1.165, 1.54) is 11.3 Å². The molecule has 0 N–H and O–H groups in total. The molecule has 20 heavy (non-hydrogen) atoms. The molecular formula is C14H14N2O3S. The Hall–Kier alpha value is -2.08. The number of carbonyl (C=O) groups excluding carboxylic acids is 1. The van der Waals surface area contributed by atoms with E-state index in [1.807, 2.05) is 16.7 Å². The largest absolute Gasteiger partial charge is 0.454 e. The van der Waals surface area contributed by atoms with Gasteiger partial charge in [-0.3, -0.25) is 4.79 Å². The van der Waals surface area contributed by atoms with Gasteiger partial charge in [-0.05, 0) is 0 Å². The van der Waals surface area contributed by atoms with Crippen molar-refractivity contribution in [2.45, 2.75) is 19.9 Å². The van der Waals surface area contributed by atoms with E-state index >= 15 is 0 Å². The van der Waals surface area contributed by atoms with Crippen LogP contribution in [0.2, 0.25) is 0 Å². The molecule has 5 nitrogen and oxygen atoms in total. The van der Waals surface area contributed by atoms with Crippen LogP contribution in [0.3, 0.4) is 0 Å². The highest BCUT2D eigenvalue weighted by Crippen LogP contribution is 2.36. The van der Waals surface area contributed by atoms with Gasteiger partial charge in [0.05, 0.1) is 10.2 Å². The zero-order valence-electron chi connectivity index (χ0n) is 11.1. The number of amides is 1. The lowest BCUT2D eigenvalue weighted by atomic mass is 10.3. The molecule has 0 bridgehead atoms. The maximum Gasteiger partial charge on any atom is 0.248 e. The molecule has 0 spiro atoms. The van der Waals surface area contributed by atoms with Crippen LogP contribution in [0.15, 0.2) is 29.8 Å². The summed E-state index contributed by atoms with van der Waals surface area (Å²) in [7, 11) is 0. The van der Waals surface area contributed by atoms with Gasteiger partial charge in [0.25, 0.3) is 0 Å². The van der Waals surface area contributed by atoms with Crippen LogP contribution in [0.5, 0.6) is 11.5 Å².